The minimum atomic E-state index is -0.359. The third-order valence-corrected chi connectivity index (χ3v) is 4.53. The van der Waals surface area contributed by atoms with Crippen molar-refractivity contribution in [3.05, 3.63) is 78.6 Å². The number of carbonyl (C=O) groups is 1. The molecule has 0 spiro atoms. The molecule has 1 heterocycles. The van der Waals surface area contributed by atoms with Gasteiger partial charge in [0.25, 0.3) is 0 Å². The summed E-state index contributed by atoms with van der Waals surface area (Å²) in [6.07, 6.45) is 1.77. The van der Waals surface area contributed by atoms with Crippen LogP contribution in [0.4, 0.5) is 4.39 Å². The van der Waals surface area contributed by atoms with E-state index in [-0.39, 0.29) is 17.4 Å². The number of hydrogen-bond donors (Lipinski definition) is 0. The van der Waals surface area contributed by atoms with Gasteiger partial charge < -0.3 is 0 Å². The molecule has 6 heteroatoms. The van der Waals surface area contributed by atoms with Crippen molar-refractivity contribution < 1.29 is 9.18 Å². The zero-order chi connectivity index (χ0) is 17.6. The lowest BCUT2D eigenvalue weighted by atomic mass is 10.1. The van der Waals surface area contributed by atoms with Crippen molar-refractivity contribution >= 4 is 17.5 Å². The summed E-state index contributed by atoms with van der Waals surface area (Å²) in [6.45, 7) is 4.32. The predicted molar refractivity (Wildman–Crippen MR) is 97.1 cm³/mol. The van der Waals surface area contributed by atoms with Gasteiger partial charge >= 0.3 is 0 Å². The Morgan fingerprint density at radius 3 is 2.52 bits per heavy atom. The van der Waals surface area contributed by atoms with Crippen LogP contribution in [0.1, 0.15) is 10.4 Å². The van der Waals surface area contributed by atoms with Gasteiger partial charge in [-0.2, -0.15) is 0 Å². The molecule has 0 aliphatic heterocycles. The van der Waals surface area contributed by atoms with Gasteiger partial charge in [0.1, 0.15) is 5.82 Å². The maximum Gasteiger partial charge on any atom is 0.192 e. The summed E-state index contributed by atoms with van der Waals surface area (Å²) < 4.78 is 14.9. The number of carbonyl (C=O) groups excluding carboxylic acids is 1. The smallest absolute Gasteiger partial charge is 0.192 e. The molecule has 2 aromatic carbocycles. The van der Waals surface area contributed by atoms with Crippen LogP contribution in [-0.4, -0.2) is 26.3 Å². The summed E-state index contributed by atoms with van der Waals surface area (Å²) in [5.74, 6) is 0.495. The van der Waals surface area contributed by atoms with Crippen molar-refractivity contribution in [2.45, 2.75) is 11.7 Å². The molecule has 0 N–H and O–H groups in total. The number of nitrogens with zero attached hydrogens (tertiary/aromatic N) is 3. The number of ketones is 1. The number of halogens is 1. The molecule has 0 aliphatic rings. The molecular weight excluding hydrogens is 337 g/mol. The molecule has 0 radical (unpaired) electrons. The summed E-state index contributed by atoms with van der Waals surface area (Å²) in [4.78, 5) is 12.3. The van der Waals surface area contributed by atoms with Crippen LogP contribution in [0.3, 0.4) is 0 Å². The number of aromatic nitrogens is 3. The average Bonchev–Trinajstić information content (AvgIpc) is 3.04. The molecule has 0 bridgehead atoms. The molecule has 0 fully saturated rings. The van der Waals surface area contributed by atoms with Gasteiger partial charge in [-0.1, -0.05) is 48.2 Å². The maximum absolute atomic E-state index is 13.0. The lowest BCUT2D eigenvalue weighted by Crippen LogP contribution is -2.05. The number of rotatable bonds is 7. The molecule has 0 saturated heterocycles. The van der Waals surface area contributed by atoms with E-state index in [9.17, 15) is 9.18 Å². The van der Waals surface area contributed by atoms with Gasteiger partial charge in [0.2, 0.25) is 0 Å². The van der Waals surface area contributed by atoms with Gasteiger partial charge in [0.05, 0.1) is 5.75 Å². The van der Waals surface area contributed by atoms with Crippen LogP contribution in [0.25, 0.3) is 11.4 Å². The third-order valence-electron chi connectivity index (χ3n) is 3.56. The Bertz CT molecular complexity index is 875. The van der Waals surface area contributed by atoms with Crippen LogP contribution >= 0.6 is 11.8 Å². The number of thioether (sulfide) groups is 1. The molecule has 0 saturated carbocycles. The Morgan fingerprint density at radius 2 is 1.84 bits per heavy atom. The van der Waals surface area contributed by atoms with Gasteiger partial charge in [0.15, 0.2) is 16.8 Å². The van der Waals surface area contributed by atoms with E-state index in [2.05, 4.69) is 16.8 Å². The van der Waals surface area contributed by atoms with E-state index in [0.717, 1.165) is 11.4 Å². The largest absolute Gasteiger partial charge is 0.298 e. The van der Waals surface area contributed by atoms with E-state index in [4.69, 9.17) is 0 Å². The van der Waals surface area contributed by atoms with E-state index in [0.29, 0.717) is 17.3 Å². The normalized spacial score (nSPS) is 10.6. The van der Waals surface area contributed by atoms with E-state index in [1.165, 1.54) is 36.0 Å². The zero-order valence-electron chi connectivity index (χ0n) is 13.4. The van der Waals surface area contributed by atoms with Crippen molar-refractivity contribution in [2.24, 2.45) is 0 Å². The zero-order valence-corrected chi connectivity index (χ0v) is 14.2. The van der Waals surface area contributed by atoms with Crippen molar-refractivity contribution in [3.63, 3.8) is 0 Å². The minimum Gasteiger partial charge on any atom is -0.298 e. The maximum atomic E-state index is 13.0. The first-order chi connectivity index (χ1) is 12.2. The lowest BCUT2D eigenvalue weighted by molar-refractivity contribution is 0.102. The van der Waals surface area contributed by atoms with Crippen LogP contribution in [0, 0.1) is 5.82 Å². The van der Waals surface area contributed by atoms with Crippen LogP contribution < -0.4 is 0 Å². The highest BCUT2D eigenvalue weighted by molar-refractivity contribution is 7.99. The van der Waals surface area contributed by atoms with Gasteiger partial charge in [-0.05, 0) is 24.3 Å². The van der Waals surface area contributed by atoms with Gasteiger partial charge in [0, 0.05) is 17.7 Å². The van der Waals surface area contributed by atoms with Crippen LogP contribution in [-0.2, 0) is 6.54 Å². The highest BCUT2D eigenvalue weighted by atomic mass is 32.2. The van der Waals surface area contributed by atoms with Crippen LogP contribution in [0.15, 0.2) is 72.4 Å². The molecular formula is C19H16FN3OS. The standard InChI is InChI=1S/C19H16FN3OS/c1-2-12-23-18(15-6-4-3-5-7-15)21-22-19(23)25-13-17(24)14-8-10-16(20)11-9-14/h2-11H,1,12-13H2. The fourth-order valence-corrected chi connectivity index (χ4v) is 3.18. The Hall–Kier alpha value is -2.73. The van der Waals surface area contributed by atoms with Crippen molar-refractivity contribution in [1.82, 2.24) is 14.8 Å². The Balaban J connectivity index is 1.78. The second kappa shape index (κ2) is 7.90. The van der Waals surface area contributed by atoms with Gasteiger partial charge in [-0.15, -0.1) is 16.8 Å². The minimum absolute atomic E-state index is 0.0839. The monoisotopic (exact) mass is 353 g/mol. The van der Waals surface area contributed by atoms with Crippen molar-refractivity contribution in [3.8, 4) is 11.4 Å². The fourth-order valence-electron chi connectivity index (χ4n) is 2.34. The van der Waals surface area contributed by atoms with Gasteiger partial charge in [-0.3, -0.25) is 9.36 Å². The number of allylic oxidation sites excluding steroid dienone is 1. The Morgan fingerprint density at radius 1 is 1.12 bits per heavy atom. The molecule has 0 atom stereocenters. The average molecular weight is 353 g/mol. The van der Waals surface area contributed by atoms with Gasteiger partial charge in [-0.25, -0.2) is 4.39 Å². The molecule has 0 aliphatic carbocycles. The molecule has 4 nitrogen and oxygen atoms in total. The highest BCUT2D eigenvalue weighted by Gasteiger charge is 2.15. The number of benzene rings is 2. The first-order valence-electron chi connectivity index (χ1n) is 7.70. The van der Waals surface area contributed by atoms with Crippen LogP contribution in [0.2, 0.25) is 0 Å². The molecule has 1 aromatic heterocycles. The quantitative estimate of drug-likeness (QED) is 0.362. The molecule has 3 rings (SSSR count). The summed E-state index contributed by atoms with van der Waals surface area (Å²) in [6, 6.07) is 15.3. The second-order valence-electron chi connectivity index (χ2n) is 5.29. The molecule has 25 heavy (non-hydrogen) atoms. The summed E-state index contributed by atoms with van der Waals surface area (Å²) in [5.41, 5.74) is 1.43. The van der Waals surface area contributed by atoms with Crippen molar-refractivity contribution in [2.75, 3.05) is 5.75 Å². The Kier molecular flexibility index (Phi) is 5.40. The number of hydrogen-bond acceptors (Lipinski definition) is 4. The summed E-state index contributed by atoms with van der Waals surface area (Å²) in [7, 11) is 0. The van der Waals surface area contributed by atoms with Crippen molar-refractivity contribution in [1.29, 1.82) is 0 Å². The first kappa shape index (κ1) is 17.1. The van der Waals surface area contributed by atoms with Crippen LogP contribution in [0.5, 0.6) is 0 Å². The van der Waals surface area contributed by atoms with E-state index < -0.39 is 0 Å². The molecule has 126 valence electrons. The topological polar surface area (TPSA) is 47.8 Å². The number of Topliss-reactive ketones (excluding diaryl/α,β-unsaturated/α-hetero) is 1. The molecule has 0 amide bonds. The molecule has 3 aromatic rings. The van der Waals surface area contributed by atoms with E-state index in [1.807, 2.05) is 34.9 Å². The summed E-state index contributed by atoms with van der Waals surface area (Å²) in [5, 5.41) is 9.10. The highest BCUT2D eigenvalue weighted by Crippen LogP contribution is 2.24. The molecule has 0 unspecified atom stereocenters. The SMILES string of the molecule is C=CCn1c(SCC(=O)c2ccc(F)cc2)nnc1-c1ccccc1. The Labute approximate surface area is 149 Å². The lowest BCUT2D eigenvalue weighted by Gasteiger charge is -2.07. The predicted octanol–water partition coefficient (Wildman–Crippen LogP) is 4.25. The first-order valence-corrected chi connectivity index (χ1v) is 8.68. The fraction of sp³-hybridized carbons (Fsp3) is 0.105. The second-order valence-corrected chi connectivity index (χ2v) is 6.23. The third kappa shape index (κ3) is 4.03. The van der Waals surface area contributed by atoms with E-state index in [1.54, 1.807) is 6.08 Å². The summed E-state index contributed by atoms with van der Waals surface area (Å²) >= 11 is 1.31. The van der Waals surface area contributed by atoms with E-state index >= 15 is 0 Å².